The van der Waals surface area contributed by atoms with Crippen molar-refractivity contribution >= 4 is 23.4 Å². The number of benzene rings is 1. The molecule has 1 fully saturated rings. The maximum atomic E-state index is 8.87. The highest BCUT2D eigenvalue weighted by atomic mass is 35.5. The lowest BCUT2D eigenvalue weighted by atomic mass is 10.3. The van der Waals surface area contributed by atoms with E-state index in [1.807, 2.05) is 34.9 Å². The fourth-order valence-corrected chi connectivity index (χ4v) is 3.90. The molecule has 0 unspecified atom stereocenters. The minimum Gasteiger partial charge on any atom is -0.296 e. The molecule has 0 N–H and O–H groups in total. The van der Waals surface area contributed by atoms with Crippen molar-refractivity contribution in [3.05, 3.63) is 52.9 Å². The van der Waals surface area contributed by atoms with Crippen molar-refractivity contribution < 1.29 is 0 Å². The maximum Gasteiger partial charge on any atom is 0.202 e. The largest absolute Gasteiger partial charge is 0.296 e. The molecule has 9 heteroatoms. The molecule has 0 saturated carbocycles. The molecule has 1 aliphatic heterocycles. The van der Waals surface area contributed by atoms with E-state index in [2.05, 4.69) is 25.3 Å². The molecule has 27 heavy (non-hydrogen) atoms. The van der Waals surface area contributed by atoms with Gasteiger partial charge in [0.2, 0.25) is 5.16 Å². The molecule has 3 heterocycles. The van der Waals surface area contributed by atoms with Gasteiger partial charge in [0.15, 0.2) is 11.5 Å². The van der Waals surface area contributed by atoms with Gasteiger partial charge in [0.1, 0.15) is 11.1 Å². The highest BCUT2D eigenvalue weighted by Gasteiger charge is 2.20. The Morgan fingerprint density at radius 2 is 1.78 bits per heavy atom. The molecule has 1 aliphatic rings. The highest BCUT2D eigenvalue weighted by molar-refractivity contribution is 7.99. The Labute approximate surface area is 166 Å². The van der Waals surface area contributed by atoms with Gasteiger partial charge < -0.3 is 0 Å². The van der Waals surface area contributed by atoms with Crippen LogP contribution in [-0.2, 0) is 6.54 Å². The number of likely N-dealkylation sites (tertiary alicyclic amines) is 1. The Kier molecular flexibility index (Phi) is 5.34. The van der Waals surface area contributed by atoms with Crippen LogP contribution in [0.1, 0.15) is 24.4 Å². The van der Waals surface area contributed by atoms with E-state index in [1.54, 1.807) is 12.1 Å². The molecule has 0 bridgehead atoms. The number of halogens is 1. The molecule has 3 aromatic rings. The quantitative estimate of drug-likeness (QED) is 0.652. The monoisotopic (exact) mass is 397 g/mol. The smallest absolute Gasteiger partial charge is 0.202 e. The summed E-state index contributed by atoms with van der Waals surface area (Å²) in [6.45, 7) is 2.91. The van der Waals surface area contributed by atoms with Crippen LogP contribution in [0.2, 0.25) is 5.02 Å². The van der Waals surface area contributed by atoms with E-state index in [0.717, 1.165) is 31.1 Å². The molecule has 0 radical (unpaired) electrons. The number of hydrogen-bond acceptors (Lipinski definition) is 7. The Bertz CT molecular complexity index is 957. The summed E-state index contributed by atoms with van der Waals surface area (Å²) >= 11 is 7.42. The summed E-state index contributed by atoms with van der Waals surface area (Å²) in [4.78, 5) is 2.38. The molecule has 1 aromatic carbocycles. The molecular weight excluding hydrogens is 382 g/mol. The van der Waals surface area contributed by atoms with Gasteiger partial charge >= 0.3 is 0 Å². The Balaban J connectivity index is 1.68. The SMILES string of the molecule is N#Cc1ccc(Sc2nnc(CN3CCCC3)n2-c2ccc(Cl)cc2)nn1. The minimum atomic E-state index is 0.285. The number of nitriles is 1. The number of rotatable bonds is 5. The zero-order chi connectivity index (χ0) is 18.6. The van der Waals surface area contributed by atoms with Crippen molar-refractivity contribution in [2.45, 2.75) is 29.6 Å². The van der Waals surface area contributed by atoms with Crippen molar-refractivity contribution in [2.75, 3.05) is 13.1 Å². The summed E-state index contributed by atoms with van der Waals surface area (Å²) in [5.41, 5.74) is 1.23. The second kappa shape index (κ2) is 8.05. The lowest BCUT2D eigenvalue weighted by molar-refractivity contribution is 0.319. The molecule has 0 spiro atoms. The van der Waals surface area contributed by atoms with Gasteiger partial charge in [-0.3, -0.25) is 9.47 Å². The normalized spacial score (nSPS) is 14.4. The fourth-order valence-electron chi connectivity index (χ4n) is 2.99. The van der Waals surface area contributed by atoms with Crippen LogP contribution in [0.3, 0.4) is 0 Å². The maximum absolute atomic E-state index is 8.87. The van der Waals surface area contributed by atoms with Crippen LogP contribution in [0.4, 0.5) is 0 Å². The second-order valence-corrected chi connectivity index (χ2v) is 7.59. The van der Waals surface area contributed by atoms with Crippen LogP contribution < -0.4 is 0 Å². The first-order chi connectivity index (χ1) is 13.2. The van der Waals surface area contributed by atoms with Gasteiger partial charge in [0.25, 0.3) is 0 Å². The molecule has 0 aliphatic carbocycles. The van der Waals surface area contributed by atoms with Crippen LogP contribution in [0.15, 0.2) is 46.6 Å². The third-order valence-corrected chi connectivity index (χ3v) is 5.43. The zero-order valence-corrected chi connectivity index (χ0v) is 16.0. The first-order valence-electron chi connectivity index (χ1n) is 8.57. The molecule has 0 amide bonds. The Morgan fingerprint density at radius 3 is 2.44 bits per heavy atom. The summed E-state index contributed by atoms with van der Waals surface area (Å²) < 4.78 is 2.03. The molecule has 1 saturated heterocycles. The average molecular weight is 398 g/mol. The van der Waals surface area contributed by atoms with Crippen molar-refractivity contribution in [2.24, 2.45) is 0 Å². The standard InChI is InChI=1S/C18H16ClN7S/c19-13-3-6-15(7-4-13)26-16(12-25-9-1-2-10-25)22-24-18(26)27-17-8-5-14(11-20)21-23-17/h3-8H,1-2,9-10,12H2. The van der Waals surface area contributed by atoms with Gasteiger partial charge in [-0.05, 0) is 74.1 Å². The van der Waals surface area contributed by atoms with Gasteiger partial charge in [-0.1, -0.05) is 11.6 Å². The first-order valence-corrected chi connectivity index (χ1v) is 9.76. The van der Waals surface area contributed by atoms with E-state index < -0.39 is 0 Å². The van der Waals surface area contributed by atoms with E-state index in [1.165, 1.54) is 24.6 Å². The van der Waals surface area contributed by atoms with Crippen LogP contribution >= 0.6 is 23.4 Å². The fraction of sp³-hybridized carbons (Fsp3) is 0.278. The Hall–Kier alpha value is -2.47. The molecule has 7 nitrogen and oxygen atoms in total. The van der Waals surface area contributed by atoms with E-state index in [9.17, 15) is 0 Å². The average Bonchev–Trinajstić information content (AvgIpc) is 3.34. The van der Waals surface area contributed by atoms with Crippen molar-refractivity contribution in [3.8, 4) is 11.8 Å². The molecule has 136 valence electrons. The van der Waals surface area contributed by atoms with Crippen molar-refractivity contribution in [3.63, 3.8) is 0 Å². The van der Waals surface area contributed by atoms with Crippen LogP contribution in [0.25, 0.3) is 5.69 Å². The van der Waals surface area contributed by atoms with Gasteiger partial charge in [0.05, 0.1) is 6.54 Å². The summed E-state index contributed by atoms with van der Waals surface area (Å²) in [5.74, 6) is 0.878. The van der Waals surface area contributed by atoms with Crippen molar-refractivity contribution in [1.82, 2.24) is 29.9 Å². The number of hydrogen-bond donors (Lipinski definition) is 0. The predicted molar refractivity (Wildman–Crippen MR) is 102 cm³/mol. The molecule has 2 aromatic heterocycles. The summed E-state index contributed by atoms with van der Waals surface area (Å²) in [7, 11) is 0. The van der Waals surface area contributed by atoms with Gasteiger partial charge in [-0.15, -0.1) is 20.4 Å². The summed E-state index contributed by atoms with van der Waals surface area (Å²) in [6, 6.07) is 13.0. The molecular formula is C18H16ClN7S. The minimum absolute atomic E-state index is 0.285. The van der Waals surface area contributed by atoms with Crippen LogP contribution in [0, 0.1) is 11.3 Å². The summed E-state index contributed by atoms with van der Waals surface area (Å²) in [5, 5.41) is 27.7. The zero-order valence-electron chi connectivity index (χ0n) is 14.4. The van der Waals surface area contributed by atoms with Gasteiger partial charge in [-0.2, -0.15) is 5.26 Å². The van der Waals surface area contributed by atoms with E-state index in [-0.39, 0.29) is 5.69 Å². The van der Waals surface area contributed by atoms with Crippen LogP contribution in [0.5, 0.6) is 0 Å². The third-order valence-electron chi connectivity index (χ3n) is 4.30. The van der Waals surface area contributed by atoms with E-state index in [4.69, 9.17) is 16.9 Å². The lowest BCUT2D eigenvalue weighted by Crippen LogP contribution is -2.21. The third kappa shape index (κ3) is 4.11. The number of aromatic nitrogens is 5. The van der Waals surface area contributed by atoms with E-state index in [0.29, 0.717) is 15.2 Å². The van der Waals surface area contributed by atoms with Crippen molar-refractivity contribution in [1.29, 1.82) is 5.26 Å². The topological polar surface area (TPSA) is 83.5 Å². The lowest BCUT2D eigenvalue weighted by Gasteiger charge is -2.15. The number of nitrogens with zero attached hydrogens (tertiary/aromatic N) is 7. The summed E-state index contributed by atoms with van der Waals surface area (Å²) in [6.07, 6.45) is 2.44. The Morgan fingerprint density at radius 1 is 1.00 bits per heavy atom. The predicted octanol–water partition coefficient (Wildman–Crippen LogP) is 3.33. The molecule has 4 rings (SSSR count). The van der Waals surface area contributed by atoms with Gasteiger partial charge in [-0.25, -0.2) is 0 Å². The first kappa shape index (κ1) is 17.9. The second-order valence-electron chi connectivity index (χ2n) is 6.16. The van der Waals surface area contributed by atoms with Gasteiger partial charge in [0, 0.05) is 10.7 Å². The van der Waals surface area contributed by atoms with E-state index >= 15 is 0 Å². The highest BCUT2D eigenvalue weighted by Crippen LogP contribution is 2.28. The van der Waals surface area contributed by atoms with Crippen LogP contribution in [-0.4, -0.2) is 43.0 Å². The molecule has 0 atom stereocenters.